The van der Waals surface area contributed by atoms with Crippen LogP contribution in [0.2, 0.25) is 0 Å². The molecule has 1 aliphatic carbocycles. The van der Waals surface area contributed by atoms with Crippen molar-refractivity contribution in [2.75, 3.05) is 7.11 Å². The van der Waals surface area contributed by atoms with Crippen molar-refractivity contribution in [3.05, 3.63) is 15.6 Å². The van der Waals surface area contributed by atoms with E-state index in [0.29, 0.717) is 21.9 Å². The van der Waals surface area contributed by atoms with Crippen LogP contribution in [0.1, 0.15) is 72.7 Å². The van der Waals surface area contributed by atoms with Crippen LogP contribution in [-0.4, -0.2) is 23.2 Å². The summed E-state index contributed by atoms with van der Waals surface area (Å²) in [5, 5.41) is 10.2. The van der Waals surface area contributed by atoms with E-state index < -0.39 is 5.97 Å². The highest BCUT2D eigenvalue weighted by Gasteiger charge is 2.32. The van der Waals surface area contributed by atoms with Gasteiger partial charge in [-0.2, -0.15) is 0 Å². The maximum absolute atomic E-state index is 11.3. The molecule has 0 bridgehead atoms. The summed E-state index contributed by atoms with van der Waals surface area (Å²) in [6.07, 6.45) is 4.63. The van der Waals surface area contributed by atoms with Gasteiger partial charge in [-0.05, 0) is 37.0 Å². The fourth-order valence-corrected chi connectivity index (χ4v) is 4.23. The third-order valence-corrected chi connectivity index (χ3v) is 5.74. The first-order valence-corrected chi connectivity index (χ1v) is 8.36. The molecule has 0 radical (unpaired) electrons. The topological polar surface area (TPSA) is 59.4 Å². The molecule has 0 unspecified atom stereocenters. The maximum Gasteiger partial charge on any atom is 0.347 e. The number of carbonyl (C=O) groups is 1. The highest BCUT2D eigenvalue weighted by molar-refractivity contribution is 7.13. The lowest BCUT2D eigenvalue weighted by Gasteiger charge is -2.36. The molecule has 1 heterocycles. The normalized spacial score (nSPS) is 23.2. The Morgan fingerprint density at radius 3 is 2.43 bits per heavy atom. The van der Waals surface area contributed by atoms with E-state index in [1.54, 1.807) is 7.11 Å². The lowest BCUT2D eigenvalue weighted by molar-refractivity contribution is 0.0697. The smallest absolute Gasteiger partial charge is 0.347 e. The number of thiazole rings is 1. The summed E-state index contributed by atoms with van der Waals surface area (Å²) in [4.78, 5) is 16.2. The molecular weight excluding hydrogens is 286 g/mol. The summed E-state index contributed by atoms with van der Waals surface area (Å²) in [6.45, 7) is 7.19. The van der Waals surface area contributed by atoms with Crippen LogP contribution in [0.3, 0.4) is 0 Å². The molecule has 118 valence electrons. The Bertz CT molecular complexity index is 496. The van der Waals surface area contributed by atoms with Gasteiger partial charge in [-0.25, -0.2) is 9.78 Å². The van der Waals surface area contributed by atoms with Gasteiger partial charge < -0.3 is 9.84 Å². The van der Waals surface area contributed by atoms with Crippen LogP contribution in [0.25, 0.3) is 0 Å². The Balaban J connectivity index is 2.10. The van der Waals surface area contributed by atoms with Crippen molar-refractivity contribution in [2.24, 2.45) is 11.3 Å². The average Bonchev–Trinajstić information content (AvgIpc) is 2.82. The van der Waals surface area contributed by atoms with E-state index in [2.05, 4.69) is 25.8 Å². The molecule has 0 atom stereocenters. The number of hydrogen-bond donors (Lipinski definition) is 1. The molecular formula is C16H25NO3S. The molecule has 1 fully saturated rings. The summed E-state index contributed by atoms with van der Waals surface area (Å²) >= 11 is 1.33. The molecule has 0 amide bonds. The number of aromatic nitrogens is 1. The van der Waals surface area contributed by atoms with Gasteiger partial charge in [0.05, 0.1) is 17.3 Å². The second kappa shape index (κ2) is 6.44. The van der Waals surface area contributed by atoms with Crippen molar-refractivity contribution >= 4 is 17.3 Å². The molecule has 0 aliphatic heterocycles. The number of aromatic carboxylic acids is 1. The van der Waals surface area contributed by atoms with Crippen molar-refractivity contribution in [3.8, 4) is 0 Å². The molecule has 0 spiro atoms. The summed E-state index contributed by atoms with van der Waals surface area (Å²) < 4.78 is 5.06. The minimum absolute atomic E-state index is 0.273. The number of rotatable bonds is 4. The molecule has 1 N–H and O–H groups in total. The minimum atomic E-state index is -0.894. The quantitative estimate of drug-likeness (QED) is 0.900. The SMILES string of the molecule is COCc1nc(C2CCC(C(C)(C)C)CC2)sc1C(=O)O. The van der Waals surface area contributed by atoms with Crippen molar-refractivity contribution < 1.29 is 14.6 Å². The van der Waals surface area contributed by atoms with Crippen molar-refractivity contribution in [2.45, 2.75) is 59.0 Å². The number of carboxylic acids is 1. The zero-order valence-electron chi connectivity index (χ0n) is 13.3. The van der Waals surface area contributed by atoms with Gasteiger partial charge in [-0.3, -0.25) is 0 Å². The van der Waals surface area contributed by atoms with Gasteiger partial charge in [0.15, 0.2) is 0 Å². The molecule has 4 nitrogen and oxygen atoms in total. The zero-order valence-corrected chi connectivity index (χ0v) is 14.1. The lowest BCUT2D eigenvalue weighted by Crippen LogP contribution is -2.25. The summed E-state index contributed by atoms with van der Waals surface area (Å²) in [5.41, 5.74) is 0.935. The molecule has 0 aromatic carbocycles. The summed E-state index contributed by atoms with van der Waals surface area (Å²) in [6, 6.07) is 0. The van der Waals surface area contributed by atoms with Gasteiger partial charge in [0.1, 0.15) is 4.88 Å². The molecule has 1 aliphatic rings. The first-order valence-electron chi connectivity index (χ1n) is 7.54. The second-order valence-electron chi connectivity index (χ2n) is 6.98. The van der Waals surface area contributed by atoms with E-state index in [-0.39, 0.29) is 6.61 Å². The van der Waals surface area contributed by atoms with E-state index in [9.17, 15) is 9.90 Å². The molecule has 0 saturated heterocycles. The highest BCUT2D eigenvalue weighted by Crippen LogP contribution is 2.44. The standard InChI is InChI=1S/C16H25NO3S/c1-16(2,3)11-7-5-10(6-8-11)14-17-12(9-20-4)13(21-14)15(18)19/h10-11H,5-9H2,1-4H3,(H,18,19). The van der Waals surface area contributed by atoms with Crippen LogP contribution < -0.4 is 0 Å². The van der Waals surface area contributed by atoms with Crippen LogP contribution in [0, 0.1) is 11.3 Å². The van der Waals surface area contributed by atoms with Gasteiger partial charge >= 0.3 is 5.97 Å². The Labute approximate surface area is 130 Å². The summed E-state index contributed by atoms with van der Waals surface area (Å²) in [7, 11) is 1.57. The number of ether oxygens (including phenoxy) is 1. The van der Waals surface area contributed by atoms with E-state index in [1.807, 2.05) is 0 Å². The Hall–Kier alpha value is -0.940. The monoisotopic (exact) mass is 311 g/mol. The van der Waals surface area contributed by atoms with E-state index in [1.165, 1.54) is 24.2 Å². The predicted octanol–water partition coefficient (Wildman–Crippen LogP) is 4.31. The fraction of sp³-hybridized carbons (Fsp3) is 0.750. The van der Waals surface area contributed by atoms with Crippen LogP contribution in [0.15, 0.2) is 0 Å². The molecule has 1 aromatic heterocycles. The van der Waals surface area contributed by atoms with Crippen LogP contribution >= 0.6 is 11.3 Å². The minimum Gasteiger partial charge on any atom is -0.477 e. The van der Waals surface area contributed by atoms with E-state index in [0.717, 1.165) is 23.8 Å². The zero-order chi connectivity index (χ0) is 15.6. The van der Waals surface area contributed by atoms with Crippen molar-refractivity contribution in [3.63, 3.8) is 0 Å². The van der Waals surface area contributed by atoms with Gasteiger partial charge in [0, 0.05) is 13.0 Å². The van der Waals surface area contributed by atoms with Gasteiger partial charge in [-0.15, -0.1) is 11.3 Å². The number of carboxylic acid groups (broad SMARTS) is 1. The largest absolute Gasteiger partial charge is 0.477 e. The maximum atomic E-state index is 11.3. The third kappa shape index (κ3) is 3.83. The van der Waals surface area contributed by atoms with Gasteiger partial charge in [-0.1, -0.05) is 20.8 Å². The first-order chi connectivity index (χ1) is 9.82. The van der Waals surface area contributed by atoms with Gasteiger partial charge in [0.2, 0.25) is 0 Å². The van der Waals surface area contributed by atoms with E-state index in [4.69, 9.17) is 4.74 Å². The van der Waals surface area contributed by atoms with Crippen LogP contribution in [0.5, 0.6) is 0 Å². The molecule has 1 saturated carbocycles. The molecule has 1 aromatic rings. The molecule has 5 heteroatoms. The highest BCUT2D eigenvalue weighted by atomic mass is 32.1. The van der Waals surface area contributed by atoms with Crippen LogP contribution in [-0.2, 0) is 11.3 Å². The Morgan fingerprint density at radius 1 is 1.33 bits per heavy atom. The lowest BCUT2D eigenvalue weighted by atomic mass is 9.70. The van der Waals surface area contributed by atoms with E-state index >= 15 is 0 Å². The van der Waals surface area contributed by atoms with Crippen molar-refractivity contribution in [1.29, 1.82) is 0 Å². The first kappa shape index (κ1) is 16.4. The summed E-state index contributed by atoms with van der Waals surface area (Å²) in [5.74, 6) is 0.276. The third-order valence-electron chi connectivity index (χ3n) is 4.49. The second-order valence-corrected chi connectivity index (χ2v) is 8.01. The fourth-order valence-electron chi connectivity index (χ4n) is 3.15. The number of hydrogen-bond acceptors (Lipinski definition) is 4. The Kier molecular flexibility index (Phi) is 5.04. The van der Waals surface area contributed by atoms with Crippen molar-refractivity contribution in [1.82, 2.24) is 4.98 Å². The predicted molar refractivity (Wildman–Crippen MR) is 83.9 cm³/mol. The molecule has 21 heavy (non-hydrogen) atoms. The average molecular weight is 311 g/mol. The molecule has 2 rings (SSSR count). The number of methoxy groups -OCH3 is 1. The Morgan fingerprint density at radius 2 is 1.95 bits per heavy atom. The van der Waals surface area contributed by atoms with Gasteiger partial charge in [0.25, 0.3) is 0 Å². The number of nitrogens with zero attached hydrogens (tertiary/aromatic N) is 1. The van der Waals surface area contributed by atoms with Crippen LogP contribution in [0.4, 0.5) is 0 Å².